The van der Waals surface area contributed by atoms with Gasteiger partial charge in [0.15, 0.2) is 0 Å². The van der Waals surface area contributed by atoms with Crippen LogP contribution < -0.4 is 11.5 Å². The summed E-state index contributed by atoms with van der Waals surface area (Å²) in [5, 5.41) is 16.6. The lowest BCUT2D eigenvalue weighted by Gasteiger charge is -1.93. The summed E-state index contributed by atoms with van der Waals surface area (Å²) in [6.07, 6.45) is 5.94. The summed E-state index contributed by atoms with van der Waals surface area (Å²) in [5.41, 5.74) is 9.07. The SMILES string of the molecule is C=CC(N)=O.C=CC(N)=O.OCCCCCCO. The summed E-state index contributed by atoms with van der Waals surface area (Å²) in [5.74, 6) is -0.963. The monoisotopic (exact) mass is 260 g/mol. The smallest absolute Gasteiger partial charge is 0.240 e. The molecule has 106 valence electrons. The molecule has 0 rings (SSSR count). The number of aliphatic hydroxyl groups excluding tert-OH is 2. The number of carbonyl (C=O) groups is 2. The van der Waals surface area contributed by atoms with Gasteiger partial charge in [-0.25, -0.2) is 0 Å². The van der Waals surface area contributed by atoms with Gasteiger partial charge in [0.1, 0.15) is 0 Å². The fourth-order valence-electron chi connectivity index (χ4n) is 0.577. The third-order valence-electron chi connectivity index (χ3n) is 1.47. The number of hydrogen-bond donors (Lipinski definition) is 4. The van der Waals surface area contributed by atoms with E-state index in [1.54, 1.807) is 0 Å². The first-order chi connectivity index (χ1) is 8.45. The Morgan fingerprint density at radius 2 is 1.06 bits per heavy atom. The number of nitrogens with two attached hydrogens (primary N) is 2. The van der Waals surface area contributed by atoms with Gasteiger partial charge in [0.2, 0.25) is 11.8 Å². The molecule has 0 aliphatic heterocycles. The predicted molar refractivity (Wildman–Crippen MR) is 71.4 cm³/mol. The van der Waals surface area contributed by atoms with Gasteiger partial charge in [0, 0.05) is 13.2 Å². The molecule has 0 radical (unpaired) electrons. The molecule has 0 aliphatic rings. The van der Waals surface area contributed by atoms with E-state index in [9.17, 15) is 9.59 Å². The van der Waals surface area contributed by atoms with Crippen LogP contribution in [0, 0.1) is 0 Å². The van der Waals surface area contributed by atoms with Gasteiger partial charge in [-0.05, 0) is 25.0 Å². The van der Waals surface area contributed by atoms with E-state index in [0.717, 1.165) is 37.8 Å². The van der Waals surface area contributed by atoms with Crippen molar-refractivity contribution in [3.63, 3.8) is 0 Å². The molecular weight excluding hydrogens is 236 g/mol. The quantitative estimate of drug-likeness (QED) is 0.375. The standard InChI is InChI=1S/C6H14O2.2C3H5NO/c7-5-3-1-2-4-6-8;2*1-2-3(4)5/h7-8H,1-6H2;2*2H,1H2,(H2,4,5). The van der Waals surface area contributed by atoms with Crippen LogP contribution in [0.5, 0.6) is 0 Å². The van der Waals surface area contributed by atoms with E-state index in [1.165, 1.54) is 0 Å². The van der Waals surface area contributed by atoms with Crippen molar-refractivity contribution in [3.8, 4) is 0 Å². The highest BCUT2D eigenvalue weighted by Crippen LogP contribution is 1.96. The van der Waals surface area contributed by atoms with Crippen molar-refractivity contribution in [1.82, 2.24) is 0 Å². The van der Waals surface area contributed by atoms with Crippen LogP contribution in [-0.4, -0.2) is 35.2 Å². The molecule has 0 aromatic carbocycles. The van der Waals surface area contributed by atoms with Crippen molar-refractivity contribution in [2.75, 3.05) is 13.2 Å². The van der Waals surface area contributed by atoms with E-state index in [2.05, 4.69) is 24.6 Å². The van der Waals surface area contributed by atoms with Gasteiger partial charge in [-0.3, -0.25) is 9.59 Å². The van der Waals surface area contributed by atoms with Gasteiger partial charge < -0.3 is 21.7 Å². The molecule has 0 unspecified atom stereocenters. The lowest BCUT2D eigenvalue weighted by molar-refractivity contribution is -0.114. The lowest BCUT2D eigenvalue weighted by atomic mass is 10.2. The maximum atomic E-state index is 9.47. The highest BCUT2D eigenvalue weighted by Gasteiger charge is 1.84. The molecule has 18 heavy (non-hydrogen) atoms. The molecule has 0 spiro atoms. The van der Waals surface area contributed by atoms with Crippen molar-refractivity contribution >= 4 is 11.8 Å². The Hall–Kier alpha value is -1.66. The zero-order valence-corrected chi connectivity index (χ0v) is 10.7. The van der Waals surface area contributed by atoms with Gasteiger partial charge >= 0.3 is 0 Å². The maximum Gasteiger partial charge on any atom is 0.240 e. The average molecular weight is 260 g/mol. The minimum absolute atomic E-state index is 0.283. The zero-order chi connectivity index (χ0) is 14.8. The Labute approximate surface area is 108 Å². The molecule has 6 nitrogen and oxygen atoms in total. The average Bonchev–Trinajstić information content (AvgIpc) is 2.36. The van der Waals surface area contributed by atoms with E-state index in [1.807, 2.05) is 0 Å². The largest absolute Gasteiger partial charge is 0.396 e. The number of rotatable bonds is 7. The fourth-order valence-corrected chi connectivity index (χ4v) is 0.577. The second-order valence-electron chi connectivity index (χ2n) is 3.07. The minimum Gasteiger partial charge on any atom is -0.396 e. The van der Waals surface area contributed by atoms with Crippen LogP contribution in [0.3, 0.4) is 0 Å². The van der Waals surface area contributed by atoms with Crippen LogP contribution in [0.4, 0.5) is 0 Å². The van der Waals surface area contributed by atoms with Crippen LogP contribution in [0.25, 0.3) is 0 Å². The van der Waals surface area contributed by atoms with E-state index >= 15 is 0 Å². The van der Waals surface area contributed by atoms with Crippen molar-refractivity contribution < 1.29 is 19.8 Å². The summed E-state index contributed by atoms with van der Waals surface area (Å²) in [7, 11) is 0. The Morgan fingerprint density at radius 1 is 0.833 bits per heavy atom. The molecule has 6 N–H and O–H groups in total. The van der Waals surface area contributed by atoms with E-state index < -0.39 is 11.8 Å². The molecule has 0 aromatic rings. The highest BCUT2D eigenvalue weighted by atomic mass is 16.3. The van der Waals surface area contributed by atoms with E-state index in [0.29, 0.717) is 0 Å². The molecule has 0 aromatic heterocycles. The third kappa shape index (κ3) is 47.4. The predicted octanol–water partition coefficient (Wildman–Crippen LogP) is -0.153. The second kappa shape index (κ2) is 20.7. The van der Waals surface area contributed by atoms with Gasteiger partial charge in [-0.15, -0.1) is 0 Å². The van der Waals surface area contributed by atoms with Crippen LogP contribution in [0.1, 0.15) is 25.7 Å². The first-order valence-electron chi connectivity index (χ1n) is 5.51. The second-order valence-corrected chi connectivity index (χ2v) is 3.07. The number of primary amides is 2. The summed E-state index contributed by atoms with van der Waals surface area (Å²) >= 11 is 0. The molecule has 0 saturated heterocycles. The Balaban J connectivity index is -0.000000197. The first kappa shape index (κ1) is 21.6. The summed E-state index contributed by atoms with van der Waals surface area (Å²) in [4.78, 5) is 18.9. The van der Waals surface area contributed by atoms with Crippen LogP contribution in [0.15, 0.2) is 25.3 Å². The van der Waals surface area contributed by atoms with Crippen molar-refractivity contribution in [3.05, 3.63) is 25.3 Å². The Bertz CT molecular complexity index is 206. The summed E-state index contributed by atoms with van der Waals surface area (Å²) < 4.78 is 0. The lowest BCUT2D eigenvalue weighted by Crippen LogP contribution is -2.04. The topological polar surface area (TPSA) is 127 Å². The van der Waals surface area contributed by atoms with Gasteiger partial charge in [0.25, 0.3) is 0 Å². The van der Waals surface area contributed by atoms with Crippen LogP contribution >= 0.6 is 0 Å². The van der Waals surface area contributed by atoms with E-state index in [-0.39, 0.29) is 13.2 Å². The van der Waals surface area contributed by atoms with E-state index in [4.69, 9.17) is 10.2 Å². The minimum atomic E-state index is -0.481. The zero-order valence-electron chi connectivity index (χ0n) is 10.7. The number of hydrogen-bond acceptors (Lipinski definition) is 4. The molecule has 0 saturated carbocycles. The Kier molecular flexibility index (Phi) is 24.9. The normalized spacial score (nSPS) is 7.89. The Morgan fingerprint density at radius 3 is 1.17 bits per heavy atom. The molecule has 0 aliphatic carbocycles. The molecular formula is C12H24N2O4. The molecule has 0 fully saturated rings. The van der Waals surface area contributed by atoms with Gasteiger partial charge in [-0.2, -0.15) is 0 Å². The molecule has 6 heteroatoms. The van der Waals surface area contributed by atoms with Gasteiger partial charge in [0.05, 0.1) is 0 Å². The van der Waals surface area contributed by atoms with Gasteiger partial charge in [-0.1, -0.05) is 26.0 Å². The van der Waals surface area contributed by atoms with Crippen molar-refractivity contribution in [2.45, 2.75) is 25.7 Å². The molecule has 0 bridgehead atoms. The third-order valence-corrected chi connectivity index (χ3v) is 1.47. The number of carbonyl (C=O) groups excluding carboxylic acids is 2. The summed E-state index contributed by atoms with van der Waals surface area (Å²) in [6.45, 7) is 6.74. The number of amides is 2. The first-order valence-corrected chi connectivity index (χ1v) is 5.51. The molecule has 0 atom stereocenters. The fraction of sp³-hybridized carbons (Fsp3) is 0.500. The van der Waals surface area contributed by atoms with Crippen molar-refractivity contribution in [2.24, 2.45) is 11.5 Å². The number of aliphatic hydroxyl groups is 2. The number of unbranched alkanes of at least 4 members (excludes halogenated alkanes) is 3. The molecule has 0 heterocycles. The highest BCUT2D eigenvalue weighted by molar-refractivity contribution is 5.85. The molecule has 2 amide bonds. The van der Waals surface area contributed by atoms with Crippen molar-refractivity contribution in [1.29, 1.82) is 0 Å². The van der Waals surface area contributed by atoms with Crippen LogP contribution in [-0.2, 0) is 9.59 Å². The summed E-state index contributed by atoms with van der Waals surface area (Å²) in [6, 6.07) is 0. The maximum absolute atomic E-state index is 9.47. The van der Waals surface area contributed by atoms with Crippen LogP contribution in [0.2, 0.25) is 0 Å².